The van der Waals surface area contributed by atoms with E-state index in [1.807, 2.05) is 24.3 Å². The molecule has 1 atom stereocenters. The maximum Gasteiger partial charge on any atom is 0.291 e. The summed E-state index contributed by atoms with van der Waals surface area (Å²) in [6.07, 6.45) is 7.34. The molecule has 3 aromatic rings. The Labute approximate surface area is 162 Å². The van der Waals surface area contributed by atoms with Crippen molar-refractivity contribution in [2.24, 2.45) is 0 Å². The molecule has 1 aliphatic heterocycles. The smallest absolute Gasteiger partial charge is 0.291 e. The summed E-state index contributed by atoms with van der Waals surface area (Å²) in [4.78, 5) is 26.9. The summed E-state index contributed by atoms with van der Waals surface area (Å²) in [5, 5.41) is 0.716. The first-order chi connectivity index (χ1) is 13.2. The molecule has 0 spiro atoms. The average molecular weight is 383 g/mol. The molecular formula is C20H19ClN4O2. The molecule has 6 nitrogen and oxygen atoms in total. The van der Waals surface area contributed by atoms with Crippen LogP contribution in [-0.4, -0.2) is 38.8 Å². The number of carbonyl (C=O) groups excluding carboxylic acids is 1. The van der Waals surface area contributed by atoms with Crippen molar-refractivity contribution in [3.63, 3.8) is 0 Å². The Balaban J connectivity index is 1.45. The van der Waals surface area contributed by atoms with Gasteiger partial charge in [-0.15, -0.1) is 0 Å². The van der Waals surface area contributed by atoms with Crippen molar-refractivity contribution >= 4 is 17.5 Å². The van der Waals surface area contributed by atoms with Gasteiger partial charge in [0, 0.05) is 36.9 Å². The second kappa shape index (κ2) is 7.88. The van der Waals surface area contributed by atoms with Crippen molar-refractivity contribution in [2.75, 3.05) is 13.1 Å². The van der Waals surface area contributed by atoms with Gasteiger partial charge in [-0.3, -0.25) is 4.79 Å². The summed E-state index contributed by atoms with van der Waals surface area (Å²) in [7, 11) is 0. The minimum absolute atomic E-state index is 0.0754. The van der Waals surface area contributed by atoms with Crippen LogP contribution in [0.5, 0.6) is 0 Å². The van der Waals surface area contributed by atoms with Gasteiger partial charge in [-0.05, 0) is 30.5 Å². The number of nitrogens with zero attached hydrogens (tertiary/aromatic N) is 4. The van der Waals surface area contributed by atoms with E-state index < -0.39 is 0 Å². The molecule has 1 saturated heterocycles. The van der Waals surface area contributed by atoms with Crippen LogP contribution in [0.3, 0.4) is 0 Å². The van der Waals surface area contributed by atoms with Gasteiger partial charge in [-0.2, -0.15) is 0 Å². The second-order valence-electron chi connectivity index (χ2n) is 6.60. The van der Waals surface area contributed by atoms with Crippen molar-refractivity contribution in [3.05, 3.63) is 77.0 Å². The Morgan fingerprint density at radius 2 is 2.00 bits per heavy atom. The van der Waals surface area contributed by atoms with E-state index in [9.17, 15) is 4.79 Å². The van der Waals surface area contributed by atoms with Gasteiger partial charge < -0.3 is 9.32 Å². The highest BCUT2D eigenvalue weighted by atomic mass is 35.5. The predicted molar refractivity (Wildman–Crippen MR) is 101 cm³/mol. The summed E-state index contributed by atoms with van der Waals surface area (Å²) in [5.74, 6) is 1.59. The number of oxazole rings is 1. The normalized spacial score (nSPS) is 17.1. The number of halogens is 1. The topological polar surface area (TPSA) is 72.1 Å². The first-order valence-electron chi connectivity index (χ1n) is 8.95. The van der Waals surface area contributed by atoms with Gasteiger partial charge in [0.1, 0.15) is 5.76 Å². The average Bonchev–Trinajstić information content (AvgIpc) is 3.19. The molecule has 3 heterocycles. The third kappa shape index (κ3) is 4.01. The van der Waals surface area contributed by atoms with Crippen LogP contribution < -0.4 is 0 Å². The molecule has 7 heteroatoms. The molecule has 1 aromatic carbocycles. The number of hydrogen-bond donors (Lipinski definition) is 0. The van der Waals surface area contributed by atoms with Crippen LogP contribution in [0.25, 0.3) is 0 Å². The fraction of sp³-hybridized carbons (Fsp3) is 0.300. The highest BCUT2D eigenvalue weighted by molar-refractivity contribution is 6.31. The fourth-order valence-corrected chi connectivity index (χ4v) is 3.54. The van der Waals surface area contributed by atoms with E-state index in [4.69, 9.17) is 16.0 Å². The zero-order valence-electron chi connectivity index (χ0n) is 14.7. The zero-order chi connectivity index (χ0) is 18.6. The second-order valence-corrected chi connectivity index (χ2v) is 7.00. The maximum absolute atomic E-state index is 12.6. The molecule has 0 N–H and O–H groups in total. The molecule has 1 aliphatic rings. The predicted octanol–water partition coefficient (Wildman–Crippen LogP) is 3.73. The third-order valence-electron chi connectivity index (χ3n) is 4.71. The van der Waals surface area contributed by atoms with Crippen molar-refractivity contribution in [2.45, 2.75) is 25.2 Å². The molecule has 27 heavy (non-hydrogen) atoms. The number of amides is 1. The first kappa shape index (κ1) is 17.7. The molecule has 0 saturated carbocycles. The number of aromatic nitrogens is 3. The quantitative estimate of drug-likeness (QED) is 0.687. The molecule has 0 bridgehead atoms. The third-order valence-corrected chi connectivity index (χ3v) is 5.08. The van der Waals surface area contributed by atoms with Gasteiger partial charge in [-0.25, -0.2) is 15.0 Å². The van der Waals surface area contributed by atoms with Crippen molar-refractivity contribution in [1.29, 1.82) is 0 Å². The van der Waals surface area contributed by atoms with E-state index in [-0.39, 0.29) is 17.6 Å². The van der Waals surface area contributed by atoms with E-state index in [0.29, 0.717) is 30.4 Å². The van der Waals surface area contributed by atoms with Gasteiger partial charge in [0.2, 0.25) is 5.82 Å². The molecular weight excluding hydrogens is 364 g/mol. The Hall–Kier alpha value is -2.73. The zero-order valence-corrected chi connectivity index (χ0v) is 15.5. The summed E-state index contributed by atoms with van der Waals surface area (Å²) in [6, 6.07) is 9.40. The minimum atomic E-state index is -0.150. The standard InChI is InChI=1S/C20H19ClN4O2/c21-17-7-2-1-5-14(17)11-16-12-24-19(27-16)15-6-3-10-25(13-15)20(26)18-22-8-4-9-23-18/h1-2,4-5,7-9,12,15H,3,6,10-11,13H2/t15-/m0/s1. The number of piperidine rings is 1. The molecule has 0 aliphatic carbocycles. The Morgan fingerprint density at radius 3 is 2.81 bits per heavy atom. The van der Waals surface area contributed by atoms with Gasteiger partial charge >= 0.3 is 0 Å². The van der Waals surface area contributed by atoms with Gasteiger partial charge in [0.05, 0.1) is 12.1 Å². The lowest BCUT2D eigenvalue weighted by atomic mass is 9.98. The SMILES string of the molecule is O=C(c1ncccn1)N1CCC[C@H](c2ncc(Cc3ccccc3Cl)o2)C1. The van der Waals surface area contributed by atoms with Gasteiger partial charge in [0.25, 0.3) is 5.91 Å². The van der Waals surface area contributed by atoms with Crippen LogP contribution in [0, 0.1) is 0 Å². The van der Waals surface area contributed by atoms with E-state index in [1.54, 1.807) is 29.6 Å². The van der Waals surface area contributed by atoms with E-state index in [1.165, 1.54) is 0 Å². The number of benzene rings is 1. The van der Waals surface area contributed by atoms with Crippen LogP contribution in [0.1, 0.15) is 46.6 Å². The lowest BCUT2D eigenvalue weighted by Gasteiger charge is -2.30. The lowest BCUT2D eigenvalue weighted by Crippen LogP contribution is -2.39. The molecule has 0 radical (unpaired) electrons. The Bertz CT molecular complexity index is 928. The van der Waals surface area contributed by atoms with E-state index in [0.717, 1.165) is 24.2 Å². The number of carbonyl (C=O) groups is 1. The first-order valence-corrected chi connectivity index (χ1v) is 9.33. The highest BCUT2D eigenvalue weighted by Gasteiger charge is 2.29. The maximum atomic E-state index is 12.6. The minimum Gasteiger partial charge on any atom is -0.445 e. The van der Waals surface area contributed by atoms with Gasteiger partial charge in [-0.1, -0.05) is 29.8 Å². The molecule has 2 aromatic heterocycles. The van der Waals surface area contributed by atoms with Crippen LogP contribution in [0.2, 0.25) is 5.02 Å². The Morgan fingerprint density at radius 1 is 1.19 bits per heavy atom. The van der Waals surface area contributed by atoms with E-state index in [2.05, 4.69) is 15.0 Å². The molecule has 1 amide bonds. The summed E-state index contributed by atoms with van der Waals surface area (Å²) >= 11 is 6.22. The van der Waals surface area contributed by atoms with Crippen LogP contribution in [-0.2, 0) is 6.42 Å². The van der Waals surface area contributed by atoms with Crippen LogP contribution in [0.15, 0.2) is 53.3 Å². The summed E-state index contributed by atoms with van der Waals surface area (Å²) in [5.41, 5.74) is 1.00. The van der Waals surface area contributed by atoms with E-state index >= 15 is 0 Å². The number of rotatable bonds is 4. The number of hydrogen-bond acceptors (Lipinski definition) is 5. The van der Waals surface area contributed by atoms with Crippen LogP contribution in [0.4, 0.5) is 0 Å². The monoisotopic (exact) mass is 382 g/mol. The van der Waals surface area contributed by atoms with Crippen molar-refractivity contribution < 1.29 is 9.21 Å². The van der Waals surface area contributed by atoms with Crippen molar-refractivity contribution in [3.8, 4) is 0 Å². The molecule has 0 unspecified atom stereocenters. The molecule has 138 valence electrons. The van der Waals surface area contributed by atoms with Crippen molar-refractivity contribution in [1.82, 2.24) is 19.9 Å². The molecule has 4 rings (SSSR count). The van der Waals surface area contributed by atoms with Gasteiger partial charge in [0.15, 0.2) is 5.89 Å². The fourth-order valence-electron chi connectivity index (χ4n) is 3.34. The largest absolute Gasteiger partial charge is 0.445 e. The summed E-state index contributed by atoms with van der Waals surface area (Å²) < 4.78 is 5.98. The molecule has 1 fully saturated rings. The van der Waals surface area contributed by atoms with Crippen LogP contribution >= 0.6 is 11.6 Å². The Kier molecular flexibility index (Phi) is 5.16. The lowest BCUT2D eigenvalue weighted by molar-refractivity contribution is 0.0685. The summed E-state index contributed by atoms with van der Waals surface area (Å²) in [6.45, 7) is 1.25. The highest BCUT2D eigenvalue weighted by Crippen LogP contribution is 2.28. The number of likely N-dealkylation sites (tertiary alicyclic amines) is 1.